The van der Waals surface area contributed by atoms with E-state index in [0.29, 0.717) is 36.4 Å². The molecule has 0 spiro atoms. The molecule has 0 radical (unpaired) electrons. The first-order valence-electron chi connectivity index (χ1n) is 12.5. The van der Waals surface area contributed by atoms with Crippen molar-refractivity contribution in [1.82, 2.24) is 0 Å². The van der Waals surface area contributed by atoms with E-state index >= 15 is 0 Å². The lowest BCUT2D eigenvalue weighted by atomic mass is 9.73. The van der Waals surface area contributed by atoms with Gasteiger partial charge in [0, 0.05) is 0 Å². The van der Waals surface area contributed by atoms with Crippen LogP contribution in [0.15, 0.2) is 61.7 Å². The molecule has 4 aromatic carbocycles. The Labute approximate surface area is 254 Å². The van der Waals surface area contributed by atoms with Gasteiger partial charge in [0.2, 0.25) is 40.2 Å². The molecule has 0 N–H and O–H groups in total. The molecule has 4 aromatic rings. The number of ether oxygens (including phenoxy) is 2. The maximum atomic E-state index is 14.5. The van der Waals surface area contributed by atoms with E-state index in [1.54, 1.807) is 0 Å². The highest BCUT2D eigenvalue weighted by molar-refractivity contribution is 5.54. The summed E-state index contributed by atoms with van der Waals surface area (Å²) in [6.07, 6.45) is -11.5. The zero-order valence-corrected chi connectivity index (χ0v) is 22.8. The normalized spacial score (nSPS) is 12.2. The van der Waals surface area contributed by atoms with Gasteiger partial charge in [0.05, 0.1) is 11.1 Å². The lowest BCUT2D eigenvalue weighted by molar-refractivity contribution is -0.288. The SMILES string of the molecule is C=Cc1c(F)c(F)c(Oc2ccc(C(c3ccc(Oc4c(F)c(F)c(C=C)c(F)c4F)cc3)(C(F)(F)F)C(F)(F)F)cc2)c(F)c1F. The first-order valence-corrected chi connectivity index (χ1v) is 12.5. The standard InChI is InChI=1S/C31H14F14O2/c1-3-17-19(32)23(36)27(24(37)20(17)33)46-15-9-5-13(6-10-15)29(30(40,41)42,31(43,44)45)14-7-11-16(12-8-14)47-28-25(38)21(34)18(4-2)22(35)26(28)39/h3-12H,1-2H2. The van der Waals surface area contributed by atoms with Crippen LogP contribution in [-0.2, 0) is 5.41 Å². The fourth-order valence-electron chi connectivity index (χ4n) is 4.56. The summed E-state index contributed by atoms with van der Waals surface area (Å²) in [6.45, 7) is 5.97. The van der Waals surface area contributed by atoms with Crippen LogP contribution < -0.4 is 9.47 Å². The van der Waals surface area contributed by atoms with E-state index in [1.807, 2.05) is 0 Å². The molecule has 0 unspecified atom stereocenters. The van der Waals surface area contributed by atoms with Crippen molar-refractivity contribution < 1.29 is 70.9 Å². The number of hydrogen-bond donors (Lipinski definition) is 0. The highest BCUT2D eigenvalue weighted by atomic mass is 19.4. The molecule has 0 heterocycles. The summed E-state index contributed by atoms with van der Waals surface area (Å²) in [5.41, 5.74) is -10.4. The van der Waals surface area contributed by atoms with E-state index in [1.165, 1.54) is 0 Å². The molecule has 4 rings (SSSR count). The van der Waals surface area contributed by atoms with Crippen LogP contribution in [0.2, 0.25) is 0 Å². The summed E-state index contributed by atoms with van der Waals surface area (Å²) in [7, 11) is 0. The molecule has 47 heavy (non-hydrogen) atoms. The van der Waals surface area contributed by atoms with Gasteiger partial charge in [-0.1, -0.05) is 49.6 Å². The number of alkyl halides is 6. The van der Waals surface area contributed by atoms with Gasteiger partial charge in [-0.05, 0) is 35.4 Å². The molecule has 0 aliphatic heterocycles. The van der Waals surface area contributed by atoms with Crippen molar-refractivity contribution in [1.29, 1.82) is 0 Å². The molecule has 0 atom stereocenters. The first-order chi connectivity index (χ1) is 21.8. The number of halogens is 14. The summed E-state index contributed by atoms with van der Waals surface area (Å²) in [5, 5.41) is 0. The molecule has 2 nitrogen and oxygen atoms in total. The summed E-state index contributed by atoms with van der Waals surface area (Å²) < 4.78 is 210. The van der Waals surface area contributed by atoms with Gasteiger partial charge in [0.1, 0.15) is 11.5 Å². The fraction of sp³-hybridized carbons (Fsp3) is 0.0968. The Morgan fingerprint density at radius 2 is 0.681 bits per heavy atom. The Kier molecular flexibility index (Phi) is 9.12. The van der Waals surface area contributed by atoms with Crippen molar-refractivity contribution >= 4 is 12.2 Å². The van der Waals surface area contributed by atoms with Crippen LogP contribution in [0.3, 0.4) is 0 Å². The second-order valence-electron chi connectivity index (χ2n) is 9.40. The molecule has 0 fully saturated rings. The third-order valence-electron chi connectivity index (χ3n) is 6.79. The highest BCUT2D eigenvalue weighted by Crippen LogP contribution is 2.56. The van der Waals surface area contributed by atoms with Crippen LogP contribution in [0.25, 0.3) is 12.2 Å². The summed E-state index contributed by atoms with van der Waals surface area (Å²) in [6, 6.07) is 2.43. The molecule has 0 saturated carbocycles. The predicted molar refractivity (Wildman–Crippen MR) is 139 cm³/mol. The molecular weight excluding hydrogens is 670 g/mol. The van der Waals surface area contributed by atoms with Gasteiger partial charge < -0.3 is 9.47 Å². The van der Waals surface area contributed by atoms with Crippen LogP contribution in [0.1, 0.15) is 22.3 Å². The molecule has 16 heteroatoms. The van der Waals surface area contributed by atoms with Crippen LogP contribution >= 0.6 is 0 Å². The van der Waals surface area contributed by atoms with Crippen LogP contribution in [-0.4, -0.2) is 12.4 Å². The number of benzene rings is 4. The van der Waals surface area contributed by atoms with Gasteiger partial charge in [-0.25, -0.2) is 17.6 Å². The van der Waals surface area contributed by atoms with Gasteiger partial charge >= 0.3 is 12.4 Å². The summed E-state index contributed by atoms with van der Waals surface area (Å²) >= 11 is 0. The van der Waals surface area contributed by atoms with Crippen LogP contribution in [0.4, 0.5) is 61.5 Å². The molecule has 0 aliphatic carbocycles. The van der Waals surface area contributed by atoms with Crippen molar-refractivity contribution in [3.63, 3.8) is 0 Å². The second-order valence-corrected chi connectivity index (χ2v) is 9.40. The van der Waals surface area contributed by atoms with E-state index in [0.717, 1.165) is 0 Å². The molecule has 248 valence electrons. The molecule has 0 bridgehead atoms. The minimum Gasteiger partial charge on any atom is -0.451 e. The fourth-order valence-corrected chi connectivity index (χ4v) is 4.56. The Hall–Kier alpha value is -5.02. The largest absolute Gasteiger partial charge is 0.451 e. The summed E-state index contributed by atoms with van der Waals surface area (Å²) in [5.74, 6) is -21.2. The third-order valence-corrected chi connectivity index (χ3v) is 6.79. The smallest absolute Gasteiger partial charge is 0.411 e. The molecule has 0 aromatic heterocycles. The van der Waals surface area contributed by atoms with Gasteiger partial charge in [0.25, 0.3) is 0 Å². The van der Waals surface area contributed by atoms with E-state index in [4.69, 9.17) is 9.47 Å². The van der Waals surface area contributed by atoms with Gasteiger partial charge in [-0.3, -0.25) is 0 Å². The molecule has 0 saturated heterocycles. The Morgan fingerprint density at radius 3 is 0.894 bits per heavy atom. The quantitative estimate of drug-likeness (QED) is 0.136. The molecule has 0 amide bonds. The van der Waals surface area contributed by atoms with Gasteiger partial charge in [0.15, 0.2) is 23.3 Å². The Balaban J connectivity index is 1.78. The average molecular weight is 684 g/mol. The topological polar surface area (TPSA) is 18.5 Å². The highest BCUT2D eigenvalue weighted by Gasteiger charge is 2.72. The zero-order valence-electron chi connectivity index (χ0n) is 22.8. The maximum absolute atomic E-state index is 14.5. The Bertz CT molecular complexity index is 1660. The van der Waals surface area contributed by atoms with Crippen molar-refractivity contribution in [3.05, 3.63) is 130 Å². The number of rotatable bonds is 8. The van der Waals surface area contributed by atoms with Gasteiger partial charge in [-0.2, -0.15) is 43.9 Å². The minimum atomic E-state index is -6.17. The summed E-state index contributed by atoms with van der Waals surface area (Å²) in [4.78, 5) is 0. The second kappa shape index (κ2) is 12.3. The monoisotopic (exact) mass is 684 g/mol. The maximum Gasteiger partial charge on any atom is 0.411 e. The van der Waals surface area contributed by atoms with Crippen LogP contribution in [0.5, 0.6) is 23.0 Å². The number of hydrogen-bond acceptors (Lipinski definition) is 2. The van der Waals surface area contributed by atoms with E-state index in [2.05, 4.69) is 13.2 Å². The van der Waals surface area contributed by atoms with E-state index in [-0.39, 0.29) is 24.3 Å². The Morgan fingerprint density at radius 1 is 0.426 bits per heavy atom. The molecule has 0 aliphatic rings. The van der Waals surface area contributed by atoms with E-state index in [9.17, 15) is 61.5 Å². The van der Waals surface area contributed by atoms with Crippen molar-refractivity contribution in [2.75, 3.05) is 0 Å². The van der Waals surface area contributed by atoms with Crippen molar-refractivity contribution in [2.24, 2.45) is 0 Å². The van der Waals surface area contributed by atoms with E-state index < -0.39 is 110 Å². The first kappa shape index (κ1) is 34.8. The lowest BCUT2D eigenvalue weighted by Crippen LogP contribution is -2.54. The minimum absolute atomic E-state index is 0.207. The molecular formula is C31H14F14O2. The van der Waals surface area contributed by atoms with Crippen molar-refractivity contribution in [3.8, 4) is 23.0 Å². The van der Waals surface area contributed by atoms with Gasteiger partial charge in [-0.15, -0.1) is 0 Å². The third kappa shape index (κ3) is 5.65. The zero-order chi connectivity index (χ0) is 35.2. The van der Waals surface area contributed by atoms with Crippen LogP contribution in [0, 0.1) is 46.5 Å². The van der Waals surface area contributed by atoms with Crippen molar-refractivity contribution in [2.45, 2.75) is 17.8 Å². The predicted octanol–water partition coefficient (Wildman–Crippen LogP) is 11.1. The lowest BCUT2D eigenvalue weighted by Gasteiger charge is -2.38. The average Bonchev–Trinajstić information content (AvgIpc) is 3.00.